The highest BCUT2D eigenvalue weighted by molar-refractivity contribution is 6.38. The van der Waals surface area contributed by atoms with Gasteiger partial charge in [0.25, 0.3) is 0 Å². The lowest BCUT2D eigenvalue weighted by atomic mass is 9.94. The fourth-order valence-electron chi connectivity index (χ4n) is 8.03. The molecular weight excluding hydrogens is 611 g/mol. The summed E-state index contributed by atoms with van der Waals surface area (Å²) in [6, 6.07) is 57.6. The molecule has 0 atom stereocenters. The molecule has 0 aliphatic rings. The third-order valence-electron chi connectivity index (χ3n) is 10.2. The van der Waals surface area contributed by atoms with Crippen molar-refractivity contribution < 1.29 is 4.42 Å². The minimum atomic E-state index is 0.642. The van der Waals surface area contributed by atoms with E-state index in [-0.39, 0.29) is 0 Å². The van der Waals surface area contributed by atoms with E-state index in [4.69, 9.17) is 14.4 Å². The Morgan fingerprint density at radius 1 is 0.400 bits per heavy atom. The summed E-state index contributed by atoms with van der Waals surface area (Å²) < 4.78 is 8.70. The number of aromatic nitrogens is 3. The number of hydrogen-bond donors (Lipinski definition) is 0. The van der Waals surface area contributed by atoms with Crippen molar-refractivity contribution in [1.82, 2.24) is 14.5 Å². The van der Waals surface area contributed by atoms with E-state index in [0.717, 1.165) is 71.6 Å². The standard InChI is InChI=1S/C46H27N3O/c1-3-13-28(14-4-1)30-23-25-37-36(27-30)44(29-15-5-2-6-16-29)48-46(47-37)49-38-21-11-9-19-33(38)42-32-18-8-7-17-31(32)41-35(45(42)49)24-26-40-43(41)34-20-10-12-22-39(34)50-40/h1-27H. The molecule has 3 heterocycles. The van der Waals surface area contributed by atoms with Crippen LogP contribution < -0.4 is 0 Å². The second-order valence-corrected chi connectivity index (χ2v) is 12.9. The maximum absolute atomic E-state index is 6.42. The second kappa shape index (κ2) is 10.4. The van der Waals surface area contributed by atoms with Crippen LogP contribution in [0.3, 0.4) is 0 Å². The topological polar surface area (TPSA) is 43.9 Å². The molecule has 232 valence electrons. The van der Waals surface area contributed by atoms with Crippen LogP contribution in [0.1, 0.15) is 0 Å². The quantitative estimate of drug-likeness (QED) is 0.181. The van der Waals surface area contributed by atoms with Crippen LogP contribution in [0, 0.1) is 0 Å². The number of hydrogen-bond acceptors (Lipinski definition) is 3. The Morgan fingerprint density at radius 3 is 1.86 bits per heavy atom. The predicted octanol–water partition coefficient (Wildman–Crippen LogP) is 12.3. The first-order valence-electron chi connectivity index (χ1n) is 16.9. The first kappa shape index (κ1) is 27.2. The molecule has 3 aromatic heterocycles. The van der Waals surface area contributed by atoms with Crippen molar-refractivity contribution in [2.24, 2.45) is 0 Å². The molecule has 0 unspecified atom stereocenters. The fraction of sp³-hybridized carbons (Fsp3) is 0. The zero-order valence-electron chi connectivity index (χ0n) is 26.8. The van der Waals surface area contributed by atoms with Crippen LogP contribution in [-0.2, 0) is 0 Å². The van der Waals surface area contributed by atoms with Crippen LogP contribution in [-0.4, -0.2) is 14.5 Å². The first-order chi connectivity index (χ1) is 24.8. The smallest absolute Gasteiger partial charge is 0.235 e. The van der Waals surface area contributed by atoms with Crippen LogP contribution >= 0.6 is 0 Å². The molecule has 50 heavy (non-hydrogen) atoms. The molecule has 11 aromatic rings. The normalized spacial score (nSPS) is 12.0. The van der Waals surface area contributed by atoms with Crippen LogP contribution in [0.15, 0.2) is 168 Å². The molecular formula is C46H27N3O. The molecule has 0 N–H and O–H groups in total. The number of benzene rings is 8. The summed E-state index contributed by atoms with van der Waals surface area (Å²) in [6.07, 6.45) is 0. The molecule has 8 aromatic carbocycles. The Hall–Kier alpha value is -6.78. The van der Waals surface area contributed by atoms with Crippen molar-refractivity contribution >= 4 is 76.2 Å². The van der Waals surface area contributed by atoms with Crippen molar-refractivity contribution in [2.45, 2.75) is 0 Å². The fourth-order valence-corrected chi connectivity index (χ4v) is 8.03. The molecule has 0 saturated heterocycles. The highest BCUT2D eigenvalue weighted by Gasteiger charge is 2.23. The maximum Gasteiger partial charge on any atom is 0.235 e. The average Bonchev–Trinajstić information content (AvgIpc) is 3.74. The minimum Gasteiger partial charge on any atom is -0.456 e. The third-order valence-corrected chi connectivity index (χ3v) is 10.2. The highest BCUT2D eigenvalue weighted by atomic mass is 16.3. The van der Waals surface area contributed by atoms with Gasteiger partial charge in [0, 0.05) is 43.3 Å². The molecule has 0 saturated carbocycles. The highest BCUT2D eigenvalue weighted by Crippen LogP contribution is 2.46. The molecule has 0 fully saturated rings. The van der Waals surface area contributed by atoms with Crippen molar-refractivity contribution in [2.75, 3.05) is 0 Å². The summed E-state index contributed by atoms with van der Waals surface area (Å²) in [5.41, 5.74) is 9.08. The summed E-state index contributed by atoms with van der Waals surface area (Å²) in [5.74, 6) is 0.642. The van der Waals surface area contributed by atoms with Gasteiger partial charge in [0.05, 0.1) is 22.2 Å². The van der Waals surface area contributed by atoms with E-state index in [1.165, 1.54) is 26.9 Å². The number of rotatable bonds is 3. The zero-order chi connectivity index (χ0) is 32.8. The van der Waals surface area contributed by atoms with E-state index in [1.807, 2.05) is 18.2 Å². The van der Waals surface area contributed by atoms with Gasteiger partial charge in [0.2, 0.25) is 5.95 Å². The molecule has 4 heteroatoms. The van der Waals surface area contributed by atoms with Gasteiger partial charge in [-0.15, -0.1) is 0 Å². The van der Waals surface area contributed by atoms with Crippen LogP contribution in [0.4, 0.5) is 0 Å². The van der Waals surface area contributed by atoms with Gasteiger partial charge >= 0.3 is 0 Å². The van der Waals surface area contributed by atoms with Gasteiger partial charge in [-0.1, -0.05) is 127 Å². The molecule has 0 bridgehead atoms. The summed E-state index contributed by atoms with van der Waals surface area (Å²) >= 11 is 0. The lowest BCUT2D eigenvalue weighted by Gasteiger charge is -2.14. The van der Waals surface area contributed by atoms with Crippen molar-refractivity contribution in [1.29, 1.82) is 0 Å². The molecule has 0 amide bonds. The van der Waals surface area contributed by atoms with Gasteiger partial charge in [0.1, 0.15) is 11.2 Å². The third kappa shape index (κ3) is 3.81. The number of para-hydroxylation sites is 2. The van der Waals surface area contributed by atoms with Gasteiger partial charge < -0.3 is 4.42 Å². The monoisotopic (exact) mass is 637 g/mol. The largest absolute Gasteiger partial charge is 0.456 e. The first-order valence-corrected chi connectivity index (χ1v) is 16.9. The summed E-state index contributed by atoms with van der Waals surface area (Å²) in [6.45, 7) is 0. The van der Waals surface area contributed by atoms with E-state index in [9.17, 15) is 0 Å². The van der Waals surface area contributed by atoms with E-state index in [1.54, 1.807) is 0 Å². The van der Waals surface area contributed by atoms with Crippen molar-refractivity contribution in [3.63, 3.8) is 0 Å². The summed E-state index contributed by atoms with van der Waals surface area (Å²) in [4.78, 5) is 10.8. The molecule has 4 nitrogen and oxygen atoms in total. The van der Waals surface area contributed by atoms with Crippen LogP contribution in [0.5, 0.6) is 0 Å². The lowest BCUT2D eigenvalue weighted by Crippen LogP contribution is -2.04. The van der Waals surface area contributed by atoms with Gasteiger partial charge in [-0.2, -0.15) is 0 Å². The Morgan fingerprint density at radius 2 is 1.06 bits per heavy atom. The molecule has 0 aliphatic carbocycles. The molecule has 11 rings (SSSR count). The Labute approximate surface area is 286 Å². The summed E-state index contributed by atoms with van der Waals surface area (Å²) in [5, 5.41) is 10.3. The Kier molecular flexibility index (Phi) is 5.63. The molecule has 0 aliphatic heterocycles. The number of fused-ring (bicyclic) bond motifs is 13. The molecule has 0 spiro atoms. The van der Waals surface area contributed by atoms with Gasteiger partial charge in [-0.25, -0.2) is 9.97 Å². The van der Waals surface area contributed by atoms with Gasteiger partial charge in [-0.05, 0) is 58.3 Å². The van der Waals surface area contributed by atoms with Gasteiger partial charge in [-0.3, -0.25) is 4.57 Å². The number of furan rings is 1. The van der Waals surface area contributed by atoms with Crippen LogP contribution in [0.2, 0.25) is 0 Å². The van der Waals surface area contributed by atoms with Crippen molar-refractivity contribution in [3.8, 4) is 28.3 Å². The lowest BCUT2D eigenvalue weighted by molar-refractivity contribution is 0.669. The average molecular weight is 638 g/mol. The van der Waals surface area contributed by atoms with Crippen LogP contribution in [0.25, 0.3) is 105 Å². The number of nitrogens with zero attached hydrogens (tertiary/aromatic N) is 3. The van der Waals surface area contributed by atoms with E-state index >= 15 is 0 Å². The van der Waals surface area contributed by atoms with E-state index in [0.29, 0.717) is 5.95 Å². The molecule has 0 radical (unpaired) electrons. The van der Waals surface area contributed by atoms with Gasteiger partial charge in [0.15, 0.2) is 0 Å². The Bertz CT molecular complexity index is 3140. The zero-order valence-corrected chi connectivity index (χ0v) is 26.8. The Balaban J connectivity index is 1.32. The SMILES string of the molecule is c1ccc(-c2ccc3nc(-n4c5ccccc5c5c6ccccc6c6c(ccc7oc8ccccc8c76)c54)nc(-c4ccccc4)c3c2)cc1. The predicted molar refractivity (Wildman–Crippen MR) is 207 cm³/mol. The van der Waals surface area contributed by atoms with E-state index < -0.39 is 0 Å². The summed E-state index contributed by atoms with van der Waals surface area (Å²) in [7, 11) is 0. The minimum absolute atomic E-state index is 0.642. The maximum atomic E-state index is 6.42. The van der Waals surface area contributed by atoms with Crippen molar-refractivity contribution in [3.05, 3.63) is 164 Å². The van der Waals surface area contributed by atoms with E-state index in [2.05, 4.69) is 150 Å². The second-order valence-electron chi connectivity index (χ2n) is 12.9.